The molecule has 0 amide bonds. The molecule has 3 aromatic rings. The molecule has 3 rings (SSSR count). The van der Waals surface area contributed by atoms with E-state index < -0.39 is 52.3 Å². The summed E-state index contributed by atoms with van der Waals surface area (Å²) in [6.07, 6.45) is -0.821. The lowest BCUT2D eigenvalue weighted by molar-refractivity contribution is 0.0986. The van der Waals surface area contributed by atoms with Crippen LogP contribution in [0.4, 0.5) is 17.6 Å². The SMILES string of the molecule is COc1cc(C(=O)Cc2c(F)ccc(O)c2F)c(F)c(-c2cccc(F)c2)c1. The molecule has 0 aliphatic rings. The first kappa shape index (κ1) is 19.4. The minimum Gasteiger partial charge on any atom is -0.505 e. The van der Waals surface area contributed by atoms with Crippen LogP contribution in [0.2, 0.25) is 0 Å². The van der Waals surface area contributed by atoms with Gasteiger partial charge in [-0.1, -0.05) is 12.1 Å². The van der Waals surface area contributed by atoms with Gasteiger partial charge in [-0.3, -0.25) is 4.79 Å². The molecule has 0 aromatic heterocycles. The Kier molecular flexibility index (Phi) is 5.35. The largest absolute Gasteiger partial charge is 0.505 e. The predicted octanol–water partition coefficient (Wildman–Crippen LogP) is 5.05. The van der Waals surface area contributed by atoms with Crippen molar-refractivity contribution in [3.8, 4) is 22.6 Å². The maximum Gasteiger partial charge on any atom is 0.171 e. The standard InChI is InChI=1S/C21H14F4O3/c1-28-13-8-14(11-3-2-4-12(22)7-11)20(24)16(9-13)19(27)10-15-17(23)5-6-18(26)21(15)25/h2-9,26H,10H2,1H3. The summed E-state index contributed by atoms with van der Waals surface area (Å²) < 4.78 is 61.4. The fourth-order valence-electron chi connectivity index (χ4n) is 2.79. The number of phenolic OH excluding ortho intramolecular Hbond substituents is 1. The van der Waals surface area contributed by atoms with Crippen molar-refractivity contribution in [3.63, 3.8) is 0 Å². The van der Waals surface area contributed by atoms with E-state index in [-0.39, 0.29) is 16.9 Å². The average molecular weight is 390 g/mol. The van der Waals surface area contributed by atoms with Crippen LogP contribution in [0.25, 0.3) is 11.1 Å². The number of hydrogen-bond donors (Lipinski definition) is 1. The molecule has 3 nitrogen and oxygen atoms in total. The number of carbonyl (C=O) groups excluding carboxylic acids is 1. The van der Waals surface area contributed by atoms with Crippen molar-refractivity contribution in [2.75, 3.05) is 7.11 Å². The zero-order valence-corrected chi connectivity index (χ0v) is 14.6. The first-order valence-electron chi connectivity index (χ1n) is 8.14. The van der Waals surface area contributed by atoms with E-state index in [1.54, 1.807) is 0 Å². The van der Waals surface area contributed by atoms with Gasteiger partial charge in [0.05, 0.1) is 12.7 Å². The smallest absolute Gasteiger partial charge is 0.171 e. The molecule has 0 aliphatic heterocycles. The maximum absolute atomic E-state index is 15.0. The van der Waals surface area contributed by atoms with Crippen LogP contribution in [-0.2, 0) is 6.42 Å². The van der Waals surface area contributed by atoms with Crippen LogP contribution in [0.15, 0.2) is 48.5 Å². The van der Waals surface area contributed by atoms with Gasteiger partial charge in [-0.2, -0.15) is 0 Å². The Morgan fingerprint density at radius 1 is 1.00 bits per heavy atom. The Morgan fingerprint density at radius 2 is 1.75 bits per heavy atom. The molecule has 0 atom stereocenters. The van der Waals surface area contributed by atoms with Crippen molar-refractivity contribution in [1.82, 2.24) is 0 Å². The summed E-state index contributed by atoms with van der Waals surface area (Å²) in [5, 5.41) is 9.38. The van der Waals surface area contributed by atoms with Gasteiger partial charge in [0.25, 0.3) is 0 Å². The zero-order valence-electron chi connectivity index (χ0n) is 14.6. The number of hydrogen-bond acceptors (Lipinski definition) is 3. The van der Waals surface area contributed by atoms with Crippen LogP contribution < -0.4 is 4.74 Å². The van der Waals surface area contributed by atoms with E-state index in [1.807, 2.05) is 0 Å². The molecule has 7 heteroatoms. The summed E-state index contributed by atoms with van der Waals surface area (Å²) in [5.74, 6) is -5.55. The number of phenols is 1. The van der Waals surface area contributed by atoms with E-state index in [0.717, 1.165) is 24.3 Å². The third-order valence-electron chi connectivity index (χ3n) is 4.22. The molecule has 3 aromatic carbocycles. The number of ether oxygens (including phenoxy) is 1. The Balaban J connectivity index is 2.08. The molecule has 144 valence electrons. The van der Waals surface area contributed by atoms with Crippen LogP contribution in [0.1, 0.15) is 15.9 Å². The molecule has 0 aliphatic carbocycles. The van der Waals surface area contributed by atoms with Crippen molar-refractivity contribution in [2.45, 2.75) is 6.42 Å². The van der Waals surface area contributed by atoms with Gasteiger partial charge in [0.2, 0.25) is 0 Å². The lowest BCUT2D eigenvalue weighted by Crippen LogP contribution is -2.10. The first-order valence-corrected chi connectivity index (χ1v) is 8.14. The molecule has 0 unspecified atom stereocenters. The monoisotopic (exact) mass is 390 g/mol. The first-order chi connectivity index (χ1) is 13.3. The third kappa shape index (κ3) is 3.69. The van der Waals surface area contributed by atoms with E-state index in [9.17, 15) is 23.1 Å². The van der Waals surface area contributed by atoms with Gasteiger partial charge in [-0.25, -0.2) is 17.6 Å². The molecule has 0 spiro atoms. The minimum atomic E-state index is -1.29. The molecule has 0 saturated heterocycles. The minimum absolute atomic E-state index is 0.0981. The number of halogens is 4. The maximum atomic E-state index is 15.0. The predicted molar refractivity (Wildman–Crippen MR) is 94.4 cm³/mol. The fourth-order valence-corrected chi connectivity index (χ4v) is 2.79. The number of methoxy groups -OCH3 is 1. The van der Waals surface area contributed by atoms with Gasteiger partial charge in [0.1, 0.15) is 23.2 Å². The molecule has 0 heterocycles. The van der Waals surface area contributed by atoms with Crippen LogP contribution in [0.5, 0.6) is 11.5 Å². The number of rotatable bonds is 5. The quantitative estimate of drug-likeness (QED) is 0.490. The van der Waals surface area contributed by atoms with Crippen LogP contribution in [-0.4, -0.2) is 18.0 Å². The number of Topliss-reactive ketones (excluding diaryl/α,β-unsaturated/α-hetero) is 1. The van der Waals surface area contributed by atoms with Gasteiger partial charge < -0.3 is 9.84 Å². The fraction of sp³-hybridized carbons (Fsp3) is 0.0952. The highest BCUT2D eigenvalue weighted by atomic mass is 19.1. The highest BCUT2D eigenvalue weighted by Gasteiger charge is 2.23. The Labute approximate surface area is 157 Å². The topological polar surface area (TPSA) is 46.5 Å². The molecule has 0 radical (unpaired) electrons. The van der Waals surface area contributed by atoms with E-state index >= 15 is 4.39 Å². The van der Waals surface area contributed by atoms with E-state index in [0.29, 0.717) is 0 Å². The lowest BCUT2D eigenvalue weighted by atomic mass is 9.96. The Hall–Kier alpha value is -3.35. The van der Waals surface area contributed by atoms with Crippen molar-refractivity contribution >= 4 is 5.78 Å². The Bertz CT molecular complexity index is 1060. The molecule has 0 saturated carbocycles. The number of aromatic hydroxyl groups is 1. The zero-order chi connectivity index (χ0) is 20.4. The van der Waals surface area contributed by atoms with Gasteiger partial charge >= 0.3 is 0 Å². The summed E-state index contributed by atoms with van der Waals surface area (Å²) >= 11 is 0. The molecule has 28 heavy (non-hydrogen) atoms. The summed E-state index contributed by atoms with van der Waals surface area (Å²) in [7, 11) is 1.30. The highest BCUT2D eigenvalue weighted by Crippen LogP contribution is 2.32. The van der Waals surface area contributed by atoms with E-state index in [2.05, 4.69) is 0 Å². The van der Waals surface area contributed by atoms with Gasteiger partial charge in [-0.15, -0.1) is 0 Å². The summed E-state index contributed by atoms with van der Waals surface area (Å²) in [4.78, 5) is 12.6. The summed E-state index contributed by atoms with van der Waals surface area (Å²) in [6.45, 7) is 0. The highest BCUT2D eigenvalue weighted by molar-refractivity contribution is 5.99. The van der Waals surface area contributed by atoms with Crippen LogP contribution >= 0.6 is 0 Å². The molecule has 0 fully saturated rings. The number of carbonyl (C=O) groups is 1. The van der Waals surface area contributed by atoms with Gasteiger partial charge in [0.15, 0.2) is 17.3 Å². The van der Waals surface area contributed by atoms with E-state index in [1.165, 1.54) is 31.4 Å². The van der Waals surface area contributed by atoms with Crippen molar-refractivity contribution in [1.29, 1.82) is 0 Å². The lowest BCUT2D eigenvalue weighted by Gasteiger charge is -2.12. The van der Waals surface area contributed by atoms with Gasteiger partial charge in [-0.05, 0) is 42.0 Å². The Morgan fingerprint density at radius 3 is 2.43 bits per heavy atom. The second kappa shape index (κ2) is 7.72. The van der Waals surface area contributed by atoms with Crippen LogP contribution in [0.3, 0.4) is 0 Å². The molecular formula is C21H14F4O3. The molecule has 1 N–H and O–H groups in total. The van der Waals surface area contributed by atoms with Crippen molar-refractivity contribution in [3.05, 3.63) is 82.9 Å². The number of benzene rings is 3. The normalized spacial score (nSPS) is 10.8. The van der Waals surface area contributed by atoms with Crippen molar-refractivity contribution in [2.24, 2.45) is 0 Å². The number of ketones is 1. The van der Waals surface area contributed by atoms with Crippen molar-refractivity contribution < 1.29 is 32.2 Å². The van der Waals surface area contributed by atoms with E-state index in [4.69, 9.17) is 4.74 Å². The molecule has 0 bridgehead atoms. The van der Waals surface area contributed by atoms with Crippen LogP contribution in [0, 0.1) is 23.3 Å². The average Bonchev–Trinajstić information content (AvgIpc) is 2.68. The third-order valence-corrected chi connectivity index (χ3v) is 4.22. The van der Waals surface area contributed by atoms with Gasteiger partial charge in [0, 0.05) is 17.5 Å². The summed E-state index contributed by atoms with van der Waals surface area (Å²) in [6, 6.07) is 9.09. The molecular weight excluding hydrogens is 376 g/mol. The second-order valence-electron chi connectivity index (χ2n) is 6.01. The summed E-state index contributed by atoms with van der Waals surface area (Å²) in [5.41, 5.74) is -1.08. The second-order valence-corrected chi connectivity index (χ2v) is 6.01.